The summed E-state index contributed by atoms with van der Waals surface area (Å²) in [6.45, 7) is 1.87. The van der Waals surface area contributed by atoms with Crippen LogP contribution in [0.1, 0.15) is 11.6 Å². The van der Waals surface area contributed by atoms with E-state index in [2.05, 4.69) is 20.4 Å². The van der Waals surface area contributed by atoms with E-state index in [1.54, 1.807) is 7.11 Å². The largest absolute Gasteiger partial charge is 0.497 e. The van der Waals surface area contributed by atoms with Gasteiger partial charge in [0.1, 0.15) is 12.2 Å². The Bertz CT molecular complexity index is 810. The molecule has 0 saturated carbocycles. The van der Waals surface area contributed by atoms with Gasteiger partial charge in [-0.05, 0) is 31.2 Å². The van der Waals surface area contributed by atoms with Crippen molar-refractivity contribution in [2.45, 2.75) is 13.3 Å². The molecule has 0 bridgehead atoms. The molecule has 7 nitrogen and oxygen atoms in total. The molecule has 3 rings (SSSR count). The zero-order chi connectivity index (χ0) is 16.2. The molecule has 0 aliphatic heterocycles. The summed E-state index contributed by atoms with van der Waals surface area (Å²) in [6, 6.07) is 7.27. The molecule has 0 radical (unpaired) electrons. The highest BCUT2D eigenvalue weighted by Gasteiger charge is 2.13. The number of aryl methyl sites for hydroxylation is 1. The maximum Gasteiger partial charge on any atom is 0.236 e. The molecule has 2 heterocycles. The second-order valence-electron chi connectivity index (χ2n) is 4.76. The van der Waals surface area contributed by atoms with Crippen molar-refractivity contribution in [1.82, 2.24) is 15.1 Å². The standard InChI is InChI=1S/C15H14N4O3S/c1-9-8-23-15(16-9)17-12(20)7-13-18-14(19-22-13)10-3-5-11(21-2)6-4-10/h3-6,8H,7H2,1-2H3,(H,16,17,20). The lowest BCUT2D eigenvalue weighted by Gasteiger charge is -1.99. The third-order valence-electron chi connectivity index (χ3n) is 2.99. The van der Waals surface area contributed by atoms with Crippen LogP contribution in [0.5, 0.6) is 5.75 Å². The number of thiazole rings is 1. The number of benzene rings is 1. The van der Waals surface area contributed by atoms with E-state index in [1.807, 2.05) is 36.6 Å². The first-order valence-corrected chi connectivity index (χ1v) is 7.71. The van der Waals surface area contributed by atoms with Gasteiger partial charge in [-0.1, -0.05) is 5.16 Å². The van der Waals surface area contributed by atoms with Crippen molar-refractivity contribution in [1.29, 1.82) is 0 Å². The quantitative estimate of drug-likeness (QED) is 0.773. The first-order valence-electron chi connectivity index (χ1n) is 6.83. The second kappa shape index (κ2) is 6.57. The van der Waals surface area contributed by atoms with Crippen LogP contribution in [0.25, 0.3) is 11.4 Å². The molecule has 2 aromatic heterocycles. The fraction of sp³-hybridized carbons (Fsp3) is 0.200. The molecule has 23 heavy (non-hydrogen) atoms. The summed E-state index contributed by atoms with van der Waals surface area (Å²) in [7, 11) is 1.60. The van der Waals surface area contributed by atoms with Crippen LogP contribution in [0.2, 0.25) is 0 Å². The number of methoxy groups -OCH3 is 1. The van der Waals surface area contributed by atoms with Crippen LogP contribution >= 0.6 is 11.3 Å². The minimum Gasteiger partial charge on any atom is -0.497 e. The number of hydrogen-bond acceptors (Lipinski definition) is 7. The van der Waals surface area contributed by atoms with E-state index >= 15 is 0 Å². The third-order valence-corrected chi connectivity index (χ3v) is 3.87. The van der Waals surface area contributed by atoms with Gasteiger partial charge in [-0.15, -0.1) is 11.3 Å². The van der Waals surface area contributed by atoms with Crippen molar-refractivity contribution in [2.24, 2.45) is 0 Å². The molecule has 0 aliphatic rings. The van der Waals surface area contributed by atoms with Crippen molar-refractivity contribution in [3.05, 3.63) is 41.2 Å². The van der Waals surface area contributed by atoms with Crippen LogP contribution < -0.4 is 10.1 Å². The third kappa shape index (κ3) is 3.72. The Kier molecular flexibility index (Phi) is 4.33. The number of rotatable bonds is 5. The molecule has 1 N–H and O–H groups in total. The summed E-state index contributed by atoms with van der Waals surface area (Å²) in [6.07, 6.45) is 0.00177. The SMILES string of the molecule is COc1ccc(-c2noc(CC(=O)Nc3nc(C)cs3)n2)cc1. The molecule has 3 aromatic rings. The fourth-order valence-electron chi connectivity index (χ4n) is 1.90. The van der Waals surface area contributed by atoms with Gasteiger partial charge in [0.2, 0.25) is 17.6 Å². The number of nitrogens with zero attached hydrogens (tertiary/aromatic N) is 3. The molecular weight excluding hydrogens is 316 g/mol. The van der Waals surface area contributed by atoms with Gasteiger partial charge in [-0.3, -0.25) is 4.79 Å². The smallest absolute Gasteiger partial charge is 0.236 e. The Morgan fingerprint density at radius 3 is 2.74 bits per heavy atom. The van der Waals surface area contributed by atoms with Gasteiger partial charge in [0.05, 0.1) is 12.8 Å². The first-order chi connectivity index (χ1) is 11.1. The zero-order valence-electron chi connectivity index (χ0n) is 12.6. The van der Waals surface area contributed by atoms with Crippen LogP contribution in [0.3, 0.4) is 0 Å². The average Bonchev–Trinajstić information content (AvgIpc) is 3.16. The topological polar surface area (TPSA) is 90.1 Å². The number of aromatic nitrogens is 3. The lowest BCUT2D eigenvalue weighted by atomic mass is 10.2. The molecule has 0 aliphatic carbocycles. The number of amides is 1. The van der Waals surface area contributed by atoms with Gasteiger partial charge in [-0.25, -0.2) is 4.98 Å². The van der Waals surface area contributed by atoms with Crippen LogP contribution in [0.15, 0.2) is 34.2 Å². The molecule has 0 spiro atoms. The second-order valence-corrected chi connectivity index (χ2v) is 5.62. The van der Waals surface area contributed by atoms with E-state index in [4.69, 9.17) is 9.26 Å². The van der Waals surface area contributed by atoms with Crippen molar-refractivity contribution in [3.63, 3.8) is 0 Å². The van der Waals surface area contributed by atoms with Gasteiger partial charge < -0.3 is 14.6 Å². The van der Waals surface area contributed by atoms with Gasteiger partial charge >= 0.3 is 0 Å². The molecule has 8 heteroatoms. The Hall–Kier alpha value is -2.74. The Morgan fingerprint density at radius 1 is 1.30 bits per heavy atom. The van der Waals surface area contributed by atoms with Crippen molar-refractivity contribution in [2.75, 3.05) is 12.4 Å². The number of hydrogen-bond donors (Lipinski definition) is 1. The number of ether oxygens (including phenoxy) is 1. The number of nitrogens with one attached hydrogen (secondary N) is 1. The summed E-state index contributed by atoms with van der Waals surface area (Å²) >= 11 is 1.37. The van der Waals surface area contributed by atoms with Crippen LogP contribution in [-0.2, 0) is 11.2 Å². The van der Waals surface area contributed by atoms with Crippen LogP contribution in [0.4, 0.5) is 5.13 Å². The molecule has 1 amide bonds. The molecule has 0 atom stereocenters. The highest BCUT2D eigenvalue weighted by molar-refractivity contribution is 7.13. The van der Waals surface area contributed by atoms with Crippen LogP contribution in [0, 0.1) is 6.92 Å². The summed E-state index contributed by atoms with van der Waals surface area (Å²) in [5, 5.41) is 9.01. The van der Waals surface area contributed by atoms with Gasteiger partial charge in [0.15, 0.2) is 5.13 Å². The highest BCUT2D eigenvalue weighted by atomic mass is 32.1. The number of anilines is 1. The van der Waals surface area contributed by atoms with Gasteiger partial charge in [0.25, 0.3) is 0 Å². The predicted molar refractivity (Wildman–Crippen MR) is 85.5 cm³/mol. The monoisotopic (exact) mass is 330 g/mol. The van der Waals surface area contributed by atoms with Crippen LogP contribution in [-0.4, -0.2) is 28.1 Å². The maximum absolute atomic E-state index is 11.9. The lowest BCUT2D eigenvalue weighted by molar-refractivity contribution is -0.115. The van der Waals surface area contributed by atoms with E-state index in [0.29, 0.717) is 11.0 Å². The van der Waals surface area contributed by atoms with Crippen molar-refractivity contribution >= 4 is 22.4 Å². The van der Waals surface area contributed by atoms with Gasteiger partial charge in [0, 0.05) is 10.9 Å². The predicted octanol–water partition coefficient (Wildman–Crippen LogP) is 2.69. The Morgan fingerprint density at radius 2 is 2.09 bits per heavy atom. The Balaban J connectivity index is 1.65. The fourth-order valence-corrected chi connectivity index (χ4v) is 2.60. The highest BCUT2D eigenvalue weighted by Crippen LogP contribution is 2.20. The minimum absolute atomic E-state index is 0.00177. The maximum atomic E-state index is 11.9. The number of carbonyl (C=O) groups excluding carboxylic acids is 1. The summed E-state index contributed by atoms with van der Waals surface area (Å²) in [5.41, 5.74) is 1.65. The average molecular weight is 330 g/mol. The molecule has 118 valence electrons. The van der Waals surface area contributed by atoms with E-state index in [1.165, 1.54) is 11.3 Å². The van der Waals surface area contributed by atoms with Crippen molar-refractivity contribution < 1.29 is 14.1 Å². The molecule has 0 unspecified atom stereocenters. The summed E-state index contributed by atoms with van der Waals surface area (Å²) in [4.78, 5) is 20.3. The molecule has 1 aromatic carbocycles. The molecule has 0 fully saturated rings. The molecular formula is C15H14N4O3S. The normalized spacial score (nSPS) is 10.5. The summed E-state index contributed by atoms with van der Waals surface area (Å²) < 4.78 is 10.2. The Labute approximate surface area is 136 Å². The van der Waals surface area contributed by atoms with Crippen molar-refractivity contribution in [3.8, 4) is 17.1 Å². The lowest BCUT2D eigenvalue weighted by Crippen LogP contribution is -2.14. The van der Waals surface area contributed by atoms with E-state index in [-0.39, 0.29) is 18.2 Å². The number of carbonyl (C=O) groups is 1. The zero-order valence-corrected chi connectivity index (χ0v) is 13.4. The minimum atomic E-state index is -0.246. The first kappa shape index (κ1) is 15.2. The van der Waals surface area contributed by atoms with E-state index < -0.39 is 0 Å². The van der Waals surface area contributed by atoms with E-state index in [9.17, 15) is 4.79 Å². The van der Waals surface area contributed by atoms with E-state index in [0.717, 1.165) is 17.0 Å². The molecule has 0 saturated heterocycles. The summed E-state index contributed by atoms with van der Waals surface area (Å²) in [5.74, 6) is 1.18. The van der Waals surface area contributed by atoms with Gasteiger partial charge in [-0.2, -0.15) is 4.98 Å².